The molecule has 0 spiro atoms. The number of rotatable bonds is 3. The van der Waals surface area contributed by atoms with Crippen LogP contribution in [0.5, 0.6) is 5.88 Å². The second-order valence-electron chi connectivity index (χ2n) is 3.45. The van der Waals surface area contributed by atoms with Crippen molar-refractivity contribution >= 4 is 0 Å². The normalized spacial score (nSPS) is 10.1. The van der Waals surface area contributed by atoms with Crippen LogP contribution >= 0.6 is 0 Å². The summed E-state index contributed by atoms with van der Waals surface area (Å²) < 4.78 is 5.00. The van der Waals surface area contributed by atoms with E-state index in [1.54, 1.807) is 13.3 Å². The highest BCUT2D eigenvalue weighted by atomic mass is 16.5. The average Bonchev–Trinajstić information content (AvgIpc) is 2.39. The van der Waals surface area contributed by atoms with E-state index in [0.717, 1.165) is 16.7 Å². The molecule has 1 N–H and O–H groups in total. The van der Waals surface area contributed by atoms with Crippen LogP contribution in [-0.2, 0) is 6.61 Å². The van der Waals surface area contributed by atoms with Crippen LogP contribution in [0.15, 0.2) is 42.6 Å². The van der Waals surface area contributed by atoms with Gasteiger partial charge in [-0.15, -0.1) is 0 Å². The molecule has 0 atom stereocenters. The summed E-state index contributed by atoms with van der Waals surface area (Å²) in [5.74, 6) is 0.599. The molecule has 16 heavy (non-hydrogen) atoms. The van der Waals surface area contributed by atoms with Gasteiger partial charge in [0.05, 0.1) is 13.7 Å². The van der Waals surface area contributed by atoms with Gasteiger partial charge in [0, 0.05) is 17.8 Å². The van der Waals surface area contributed by atoms with Crippen LogP contribution in [0.3, 0.4) is 0 Å². The van der Waals surface area contributed by atoms with Gasteiger partial charge in [-0.3, -0.25) is 0 Å². The molecular weight excluding hydrogens is 202 g/mol. The van der Waals surface area contributed by atoms with E-state index in [1.807, 2.05) is 36.4 Å². The molecular formula is C13H13NO2. The molecule has 3 heteroatoms. The molecule has 1 aromatic heterocycles. The highest BCUT2D eigenvalue weighted by Crippen LogP contribution is 2.21. The first-order valence-electron chi connectivity index (χ1n) is 5.03. The molecule has 3 nitrogen and oxygen atoms in total. The molecule has 2 aromatic rings. The predicted octanol–water partition coefficient (Wildman–Crippen LogP) is 2.25. The number of methoxy groups -OCH3 is 1. The predicted molar refractivity (Wildman–Crippen MR) is 62.1 cm³/mol. The number of hydrogen-bond donors (Lipinski definition) is 1. The Kier molecular flexibility index (Phi) is 3.17. The second-order valence-corrected chi connectivity index (χ2v) is 3.45. The highest BCUT2D eigenvalue weighted by Gasteiger charge is 2.00. The summed E-state index contributed by atoms with van der Waals surface area (Å²) in [6, 6.07) is 11.5. The SMILES string of the molecule is COc1ccc(-c2cccc(CO)c2)cn1. The van der Waals surface area contributed by atoms with Crippen LogP contribution in [0.25, 0.3) is 11.1 Å². The van der Waals surface area contributed by atoms with E-state index in [2.05, 4.69) is 4.98 Å². The third kappa shape index (κ3) is 2.20. The molecule has 0 aliphatic carbocycles. The van der Waals surface area contributed by atoms with Gasteiger partial charge in [-0.1, -0.05) is 18.2 Å². The first-order valence-corrected chi connectivity index (χ1v) is 5.03. The molecule has 0 bridgehead atoms. The van der Waals surface area contributed by atoms with Crippen molar-refractivity contribution in [1.82, 2.24) is 4.98 Å². The fourth-order valence-electron chi connectivity index (χ4n) is 1.52. The van der Waals surface area contributed by atoms with Gasteiger partial charge < -0.3 is 9.84 Å². The molecule has 1 heterocycles. The number of pyridine rings is 1. The van der Waals surface area contributed by atoms with E-state index in [1.165, 1.54) is 0 Å². The maximum atomic E-state index is 9.06. The number of aliphatic hydroxyl groups is 1. The maximum Gasteiger partial charge on any atom is 0.212 e. The van der Waals surface area contributed by atoms with E-state index in [-0.39, 0.29) is 6.61 Å². The summed E-state index contributed by atoms with van der Waals surface area (Å²) in [6.45, 7) is 0.0530. The standard InChI is InChI=1S/C13H13NO2/c1-16-13-6-5-12(8-14-13)11-4-2-3-10(7-11)9-15/h2-8,15H,9H2,1H3. The van der Waals surface area contributed by atoms with Gasteiger partial charge in [0.2, 0.25) is 5.88 Å². The largest absolute Gasteiger partial charge is 0.481 e. The summed E-state index contributed by atoms with van der Waals surface area (Å²) >= 11 is 0. The topological polar surface area (TPSA) is 42.4 Å². The van der Waals surface area contributed by atoms with E-state index in [4.69, 9.17) is 9.84 Å². The van der Waals surface area contributed by atoms with Crippen molar-refractivity contribution in [2.45, 2.75) is 6.61 Å². The van der Waals surface area contributed by atoms with E-state index < -0.39 is 0 Å². The smallest absolute Gasteiger partial charge is 0.212 e. The van der Waals surface area contributed by atoms with E-state index in [9.17, 15) is 0 Å². The van der Waals surface area contributed by atoms with Crippen LogP contribution in [-0.4, -0.2) is 17.2 Å². The summed E-state index contributed by atoms with van der Waals surface area (Å²) in [6.07, 6.45) is 1.76. The Morgan fingerprint density at radius 1 is 1.19 bits per heavy atom. The van der Waals surface area contributed by atoms with Gasteiger partial charge in [0.1, 0.15) is 0 Å². The third-order valence-corrected chi connectivity index (χ3v) is 2.39. The van der Waals surface area contributed by atoms with Gasteiger partial charge in [-0.05, 0) is 23.3 Å². The number of benzene rings is 1. The monoisotopic (exact) mass is 215 g/mol. The molecule has 0 unspecified atom stereocenters. The Morgan fingerprint density at radius 3 is 2.69 bits per heavy atom. The molecule has 0 saturated carbocycles. The first kappa shape index (κ1) is 10.6. The number of hydrogen-bond acceptors (Lipinski definition) is 3. The minimum Gasteiger partial charge on any atom is -0.481 e. The first-order chi connectivity index (χ1) is 7.83. The quantitative estimate of drug-likeness (QED) is 0.853. The fraction of sp³-hybridized carbons (Fsp3) is 0.154. The van der Waals surface area contributed by atoms with E-state index >= 15 is 0 Å². The van der Waals surface area contributed by atoms with Crippen molar-refractivity contribution in [2.75, 3.05) is 7.11 Å². The second kappa shape index (κ2) is 4.77. The molecule has 2 rings (SSSR count). The zero-order valence-corrected chi connectivity index (χ0v) is 9.05. The van der Waals surface area contributed by atoms with Gasteiger partial charge in [0.15, 0.2) is 0 Å². The van der Waals surface area contributed by atoms with Crippen LogP contribution in [0.1, 0.15) is 5.56 Å². The lowest BCUT2D eigenvalue weighted by atomic mass is 10.1. The van der Waals surface area contributed by atoms with Crippen LogP contribution in [0, 0.1) is 0 Å². The third-order valence-electron chi connectivity index (χ3n) is 2.39. The van der Waals surface area contributed by atoms with Crippen molar-refractivity contribution < 1.29 is 9.84 Å². The fourth-order valence-corrected chi connectivity index (χ4v) is 1.52. The molecule has 0 aliphatic heterocycles. The van der Waals surface area contributed by atoms with Crippen molar-refractivity contribution in [3.05, 3.63) is 48.2 Å². The number of nitrogens with zero attached hydrogens (tertiary/aromatic N) is 1. The van der Waals surface area contributed by atoms with Crippen molar-refractivity contribution in [2.24, 2.45) is 0 Å². The van der Waals surface area contributed by atoms with Crippen molar-refractivity contribution in [1.29, 1.82) is 0 Å². The summed E-state index contributed by atoms with van der Waals surface area (Å²) in [4.78, 5) is 4.14. The van der Waals surface area contributed by atoms with Gasteiger partial charge in [-0.25, -0.2) is 4.98 Å². The van der Waals surface area contributed by atoms with Crippen molar-refractivity contribution in [3.8, 4) is 17.0 Å². The molecule has 0 amide bonds. The van der Waals surface area contributed by atoms with Crippen molar-refractivity contribution in [3.63, 3.8) is 0 Å². The maximum absolute atomic E-state index is 9.06. The molecule has 1 aromatic carbocycles. The van der Waals surface area contributed by atoms with Crippen LogP contribution < -0.4 is 4.74 Å². The number of aliphatic hydroxyl groups excluding tert-OH is 1. The number of aromatic nitrogens is 1. The average molecular weight is 215 g/mol. The van der Waals surface area contributed by atoms with E-state index in [0.29, 0.717) is 5.88 Å². The molecule has 0 fully saturated rings. The summed E-state index contributed by atoms with van der Waals surface area (Å²) in [5.41, 5.74) is 2.95. The Balaban J connectivity index is 2.34. The molecule has 0 saturated heterocycles. The lowest BCUT2D eigenvalue weighted by molar-refractivity contribution is 0.282. The lowest BCUT2D eigenvalue weighted by Gasteiger charge is -2.04. The Labute approximate surface area is 94.3 Å². The van der Waals surface area contributed by atoms with Gasteiger partial charge >= 0.3 is 0 Å². The molecule has 0 radical (unpaired) electrons. The molecule has 0 aliphatic rings. The molecule has 82 valence electrons. The summed E-state index contributed by atoms with van der Waals surface area (Å²) in [5, 5.41) is 9.06. The van der Waals surface area contributed by atoms with Crippen LogP contribution in [0.2, 0.25) is 0 Å². The van der Waals surface area contributed by atoms with Crippen LogP contribution in [0.4, 0.5) is 0 Å². The zero-order valence-electron chi connectivity index (χ0n) is 9.05. The number of ether oxygens (including phenoxy) is 1. The lowest BCUT2D eigenvalue weighted by Crippen LogP contribution is -1.88. The highest BCUT2D eigenvalue weighted by molar-refractivity contribution is 5.63. The van der Waals surface area contributed by atoms with Gasteiger partial charge in [-0.2, -0.15) is 0 Å². The Morgan fingerprint density at radius 2 is 2.06 bits per heavy atom. The minimum absolute atomic E-state index is 0.0530. The summed E-state index contributed by atoms with van der Waals surface area (Å²) in [7, 11) is 1.59. The zero-order chi connectivity index (χ0) is 11.4. The Hall–Kier alpha value is -1.87. The van der Waals surface area contributed by atoms with Gasteiger partial charge in [0.25, 0.3) is 0 Å². The minimum atomic E-state index is 0.0530. The Bertz CT molecular complexity index is 466.